The summed E-state index contributed by atoms with van der Waals surface area (Å²) in [5, 5.41) is 2.64. The molecular formula is C15H30INO4. The lowest BCUT2D eigenvalue weighted by Gasteiger charge is -2.19. The highest BCUT2D eigenvalue weighted by Gasteiger charge is 2.15. The van der Waals surface area contributed by atoms with Gasteiger partial charge in [-0.2, -0.15) is 0 Å². The Hall–Kier alpha value is -0.0800. The third-order valence-corrected chi connectivity index (χ3v) is 3.22. The number of ether oxygens (including phenoxy) is 3. The molecule has 0 spiro atoms. The van der Waals surface area contributed by atoms with Gasteiger partial charge >= 0.3 is 6.09 Å². The van der Waals surface area contributed by atoms with E-state index in [0.717, 1.165) is 13.0 Å². The highest BCUT2D eigenvalue weighted by Crippen LogP contribution is 2.06. The Balaban J connectivity index is 3.17. The fourth-order valence-electron chi connectivity index (χ4n) is 1.51. The van der Waals surface area contributed by atoms with E-state index < -0.39 is 11.7 Å². The van der Waals surface area contributed by atoms with Crippen LogP contribution in [0.4, 0.5) is 4.79 Å². The second kappa shape index (κ2) is 13.6. The largest absolute Gasteiger partial charge is 0.444 e. The molecule has 126 valence electrons. The van der Waals surface area contributed by atoms with Crippen molar-refractivity contribution < 1.29 is 19.0 Å². The molecule has 0 saturated heterocycles. The predicted octanol–water partition coefficient (Wildman–Crippen LogP) is 3.54. The molecule has 0 aliphatic heterocycles. The lowest BCUT2D eigenvalue weighted by molar-refractivity contribution is 0.0391. The van der Waals surface area contributed by atoms with Crippen molar-refractivity contribution in [2.75, 3.05) is 37.4 Å². The van der Waals surface area contributed by atoms with Crippen LogP contribution < -0.4 is 5.32 Å². The summed E-state index contributed by atoms with van der Waals surface area (Å²) in [7, 11) is 0. The van der Waals surface area contributed by atoms with Crippen molar-refractivity contribution in [3.8, 4) is 0 Å². The molecule has 0 unspecified atom stereocenters. The number of amides is 1. The third kappa shape index (κ3) is 17.9. The number of hydrogen-bond acceptors (Lipinski definition) is 4. The number of nitrogens with one attached hydrogen (secondary N) is 1. The lowest BCUT2D eigenvalue weighted by Crippen LogP contribution is -2.34. The van der Waals surface area contributed by atoms with Gasteiger partial charge in [-0.15, -0.1) is 0 Å². The molecule has 0 aliphatic rings. The molecule has 21 heavy (non-hydrogen) atoms. The molecule has 0 heterocycles. The summed E-state index contributed by atoms with van der Waals surface area (Å²) in [4.78, 5) is 11.3. The monoisotopic (exact) mass is 415 g/mol. The number of hydrogen-bond donors (Lipinski definition) is 1. The van der Waals surface area contributed by atoms with Crippen LogP contribution in [0.25, 0.3) is 0 Å². The van der Waals surface area contributed by atoms with Gasteiger partial charge in [0.15, 0.2) is 0 Å². The summed E-state index contributed by atoms with van der Waals surface area (Å²) in [5.74, 6) is 0. The lowest BCUT2D eigenvalue weighted by atomic mass is 10.2. The van der Waals surface area contributed by atoms with Gasteiger partial charge in [0.1, 0.15) is 5.60 Å². The molecule has 0 radical (unpaired) electrons. The van der Waals surface area contributed by atoms with Crippen molar-refractivity contribution in [2.45, 2.75) is 52.1 Å². The zero-order chi connectivity index (χ0) is 16.0. The number of carbonyl (C=O) groups is 1. The van der Waals surface area contributed by atoms with E-state index in [9.17, 15) is 4.79 Å². The van der Waals surface area contributed by atoms with Crippen molar-refractivity contribution in [1.29, 1.82) is 0 Å². The van der Waals surface area contributed by atoms with Crippen LogP contribution in [-0.2, 0) is 14.2 Å². The maximum Gasteiger partial charge on any atom is 0.407 e. The topological polar surface area (TPSA) is 56.8 Å². The third-order valence-electron chi connectivity index (χ3n) is 2.46. The van der Waals surface area contributed by atoms with Gasteiger partial charge in [-0.1, -0.05) is 35.4 Å². The Kier molecular flexibility index (Phi) is 13.5. The minimum atomic E-state index is -0.463. The summed E-state index contributed by atoms with van der Waals surface area (Å²) in [6.45, 7) is 8.40. The van der Waals surface area contributed by atoms with E-state index in [0.29, 0.717) is 26.4 Å². The van der Waals surface area contributed by atoms with E-state index in [1.54, 1.807) is 0 Å². The van der Waals surface area contributed by atoms with Gasteiger partial charge in [0, 0.05) is 13.2 Å². The molecular weight excluding hydrogens is 385 g/mol. The Morgan fingerprint density at radius 2 is 1.57 bits per heavy atom. The van der Waals surface area contributed by atoms with Gasteiger partial charge in [0.2, 0.25) is 0 Å². The normalized spacial score (nSPS) is 11.4. The van der Waals surface area contributed by atoms with Crippen LogP contribution in [0.1, 0.15) is 46.5 Å². The van der Waals surface area contributed by atoms with Crippen LogP contribution in [0.2, 0.25) is 0 Å². The van der Waals surface area contributed by atoms with Crippen LogP contribution >= 0.6 is 22.6 Å². The molecule has 1 amide bonds. The van der Waals surface area contributed by atoms with Gasteiger partial charge in [0.05, 0.1) is 19.8 Å². The molecule has 0 aromatic rings. The molecule has 0 bridgehead atoms. The first kappa shape index (κ1) is 20.9. The van der Waals surface area contributed by atoms with Gasteiger partial charge in [0.25, 0.3) is 0 Å². The number of alkyl carbamates (subject to hydrolysis) is 1. The molecule has 0 aromatic carbocycles. The van der Waals surface area contributed by atoms with Crippen molar-refractivity contribution in [3.05, 3.63) is 0 Å². The standard InChI is InChI=1S/C15H30INO4/c1-15(2,3)21-14(18)17-9-11-20-13-12-19-10-7-5-4-6-8-16/h4-13H2,1-3H3,(H,17,18). The first-order chi connectivity index (χ1) is 9.95. The fourth-order valence-corrected chi connectivity index (χ4v) is 2.05. The van der Waals surface area contributed by atoms with Gasteiger partial charge in [-0.3, -0.25) is 0 Å². The predicted molar refractivity (Wildman–Crippen MR) is 93.2 cm³/mol. The molecule has 0 aliphatic carbocycles. The average Bonchev–Trinajstić information content (AvgIpc) is 2.38. The first-order valence-corrected chi connectivity index (χ1v) is 9.16. The number of unbranched alkanes of at least 4 members (excludes halogenated alkanes) is 3. The van der Waals surface area contributed by atoms with Gasteiger partial charge in [-0.25, -0.2) is 4.79 Å². The Labute approximate surface area is 142 Å². The highest BCUT2D eigenvalue weighted by molar-refractivity contribution is 14.1. The number of alkyl halides is 1. The maximum absolute atomic E-state index is 11.3. The maximum atomic E-state index is 11.3. The number of halogens is 1. The smallest absolute Gasteiger partial charge is 0.407 e. The number of carbonyl (C=O) groups excluding carboxylic acids is 1. The minimum absolute atomic E-state index is 0.408. The van der Waals surface area contributed by atoms with Crippen LogP contribution in [0.15, 0.2) is 0 Å². The van der Waals surface area contributed by atoms with Crippen LogP contribution in [0, 0.1) is 0 Å². The summed E-state index contributed by atoms with van der Waals surface area (Å²) in [6.07, 6.45) is 4.54. The van der Waals surface area contributed by atoms with Crippen LogP contribution in [0.3, 0.4) is 0 Å². The van der Waals surface area contributed by atoms with E-state index in [1.807, 2.05) is 20.8 Å². The molecule has 0 rings (SSSR count). The van der Waals surface area contributed by atoms with Crippen molar-refractivity contribution >= 4 is 28.7 Å². The second-order valence-electron chi connectivity index (χ2n) is 5.76. The molecule has 0 aromatic heterocycles. The molecule has 0 saturated carbocycles. The second-order valence-corrected chi connectivity index (χ2v) is 6.84. The zero-order valence-corrected chi connectivity index (χ0v) is 15.7. The van der Waals surface area contributed by atoms with E-state index in [2.05, 4.69) is 27.9 Å². The Morgan fingerprint density at radius 3 is 2.19 bits per heavy atom. The van der Waals surface area contributed by atoms with E-state index in [-0.39, 0.29) is 0 Å². The zero-order valence-electron chi connectivity index (χ0n) is 13.6. The SMILES string of the molecule is CC(C)(C)OC(=O)NCCOCCOCCCCCCI. The summed E-state index contributed by atoms with van der Waals surface area (Å²) in [6, 6.07) is 0. The van der Waals surface area contributed by atoms with E-state index in [1.165, 1.54) is 23.7 Å². The van der Waals surface area contributed by atoms with Gasteiger partial charge in [-0.05, 0) is 38.0 Å². The van der Waals surface area contributed by atoms with Crippen LogP contribution in [0.5, 0.6) is 0 Å². The quantitative estimate of drug-likeness (QED) is 0.301. The fraction of sp³-hybridized carbons (Fsp3) is 0.933. The highest BCUT2D eigenvalue weighted by atomic mass is 127. The Bertz CT molecular complexity index is 257. The molecule has 5 nitrogen and oxygen atoms in total. The molecule has 0 fully saturated rings. The molecule has 6 heteroatoms. The summed E-state index contributed by atoms with van der Waals surface area (Å²) >= 11 is 2.41. The number of rotatable bonds is 12. The van der Waals surface area contributed by atoms with Crippen molar-refractivity contribution in [1.82, 2.24) is 5.32 Å². The molecule has 1 N–H and O–H groups in total. The van der Waals surface area contributed by atoms with E-state index >= 15 is 0 Å². The first-order valence-electron chi connectivity index (χ1n) is 7.64. The van der Waals surface area contributed by atoms with Crippen molar-refractivity contribution in [2.24, 2.45) is 0 Å². The van der Waals surface area contributed by atoms with E-state index in [4.69, 9.17) is 14.2 Å². The molecule has 0 atom stereocenters. The van der Waals surface area contributed by atoms with Crippen molar-refractivity contribution in [3.63, 3.8) is 0 Å². The summed E-state index contributed by atoms with van der Waals surface area (Å²) in [5.41, 5.74) is -0.463. The minimum Gasteiger partial charge on any atom is -0.444 e. The van der Waals surface area contributed by atoms with Crippen LogP contribution in [-0.4, -0.2) is 49.1 Å². The summed E-state index contributed by atoms with van der Waals surface area (Å²) < 4.78 is 17.2. The Morgan fingerprint density at radius 1 is 0.952 bits per heavy atom. The van der Waals surface area contributed by atoms with Gasteiger partial charge < -0.3 is 19.5 Å². The average molecular weight is 415 g/mol.